The predicted octanol–water partition coefficient (Wildman–Crippen LogP) is 4.16. The summed E-state index contributed by atoms with van der Waals surface area (Å²) in [6.07, 6.45) is 1.65. The van der Waals surface area contributed by atoms with Gasteiger partial charge in [0.25, 0.3) is 0 Å². The van der Waals surface area contributed by atoms with Crippen molar-refractivity contribution in [2.24, 2.45) is 0 Å². The Morgan fingerprint density at radius 1 is 1.14 bits per heavy atom. The number of aromatic nitrogens is 1. The Bertz CT molecular complexity index is 439. The Hall–Kier alpha value is -0.860. The highest BCUT2D eigenvalue weighted by Crippen LogP contribution is 2.21. The Labute approximate surface area is 95.9 Å². The van der Waals surface area contributed by atoms with Crippen molar-refractivity contribution in [1.82, 2.24) is 4.98 Å². The lowest BCUT2D eigenvalue weighted by atomic mass is 10.1. The fraction of sp³-hybridized carbons (Fsp3) is 0. The second kappa shape index (κ2) is 4.11. The molecule has 0 saturated heterocycles. The average Bonchev–Trinajstić information content (AvgIpc) is 2.19. The third-order valence-electron chi connectivity index (χ3n) is 1.85. The van der Waals surface area contributed by atoms with Crippen LogP contribution in [0.25, 0.3) is 11.3 Å². The normalized spacial score (nSPS) is 10.1. The van der Waals surface area contributed by atoms with Crippen molar-refractivity contribution in [3.05, 3.63) is 52.1 Å². The summed E-state index contributed by atoms with van der Waals surface area (Å²) in [7, 11) is 0. The Morgan fingerprint density at radius 3 is 2.64 bits per heavy atom. The largest absolute Gasteiger partial charge is 0.255 e. The number of benzene rings is 1. The van der Waals surface area contributed by atoms with Gasteiger partial charge in [0, 0.05) is 16.2 Å². The molecule has 2 rings (SSSR count). The van der Waals surface area contributed by atoms with Gasteiger partial charge in [-0.05, 0) is 24.3 Å². The van der Waals surface area contributed by atoms with Crippen molar-refractivity contribution >= 4 is 27.5 Å². The van der Waals surface area contributed by atoms with Crippen LogP contribution in [0.15, 0.2) is 47.1 Å². The number of rotatable bonds is 1. The molecule has 0 aliphatic rings. The van der Waals surface area contributed by atoms with Crippen LogP contribution in [-0.2, 0) is 0 Å². The summed E-state index contributed by atoms with van der Waals surface area (Å²) in [5, 5.41) is 0.656. The van der Waals surface area contributed by atoms with Gasteiger partial charge in [-0.15, -0.1) is 0 Å². The van der Waals surface area contributed by atoms with E-state index < -0.39 is 0 Å². The van der Waals surface area contributed by atoms with E-state index in [9.17, 15) is 0 Å². The minimum absolute atomic E-state index is 0.656. The van der Waals surface area contributed by atoms with Gasteiger partial charge in [0.15, 0.2) is 0 Å². The van der Waals surface area contributed by atoms with Gasteiger partial charge in [-0.25, -0.2) is 0 Å². The molecule has 2 aromatic rings. The molecule has 0 unspecified atom stereocenters. The molecule has 0 N–H and O–H groups in total. The van der Waals surface area contributed by atoms with Crippen LogP contribution in [0.2, 0.25) is 5.02 Å². The fourth-order valence-electron chi connectivity index (χ4n) is 1.19. The smallest absolute Gasteiger partial charge is 0.0703 e. The first-order chi connectivity index (χ1) is 6.75. The molecule has 0 spiro atoms. The Balaban J connectivity index is 2.44. The molecular formula is C11H7BrClN. The lowest BCUT2D eigenvalue weighted by Gasteiger charge is -2.00. The van der Waals surface area contributed by atoms with Crippen molar-refractivity contribution < 1.29 is 0 Å². The van der Waals surface area contributed by atoms with E-state index in [2.05, 4.69) is 20.9 Å². The molecule has 0 atom stereocenters. The quantitative estimate of drug-likeness (QED) is 0.756. The van der Waals surface area contributed by atoms with Crippen LogP contribution in [0.3, 0.4) is 0 Å². The summed E-state index contributed by atoms with van der Waals surface area (Å²) < 4.78 is 1.05. The van der Waals surface area contributed by atoms with Crippen LogP contribution in [0.1, 0.15) is 0 Å². The van der Waals surface area contributed by atoms with E-state index in [1.165, 1.54) is 0 Å². The van der Waals surface area contributed by atoms with E-state index in [1.54, 1.807) is 6.20 Å². The summed E-state index contributed by atoms with van der Waals surface area (Å²) in [4.78, 5) is 4.24. The van der Waals surface area contributed by atoms with Crippen LogP contribution in [0.5, 0.6) is 0 Å². The van der Waals surface area contributed by atoms with Crippen LogP contribution in [0, 0.1) is 0 Å². The van der Waals surface area contributed by atoms with E-state index in [0.29, 0.717) is 5.02 Å². The molecule has 0 radical (unpaired) electrons. The monoisotopic (exact) mass is 267 g/mol. The molecule has 70 valence electrons. The molecule has 0 aliphatic heterocycles. The van der Waals surface area contributed by atoms with Gasteiger partial charge in [0.05, 0.1) is 10.7 Å². The lowest BCUT2D eigenvalue weighted by Crippen LogP contribution is -1.81. The number of pyridine rings is 1. The van der Waals surface area contributed by atoms with Gasteiger partial charge in [-0.3, -0.25) is 4.98 Å². The maximum atomic E-state index is 5.76. The maximum absolute atomic E-state index is 5.76. The zero-order chi connectivity index (χ0) is 9.97. The van der Waals surface area contributed by atoms with Gasteiger partial charge in [-0.1, -0.05) is 39.7 Å². The highest BCUT2D eigenvalue weighted by molar-refractivity contribution is 9.10. The van der Waals surface area contributed by atoms with Gasteiger partial charge >= 0.3 is 0 Å². The van der Waals surface area contributed by atoms with Crippen molar-refractivity contribution in [3.63, 3.8) is 0 Å². The third kappa shape index (κ3) is 2.14. The van der Waals surface area contributed by atoms with Crippen molar-refractivity contribution in [1.29, 1.82) is 0 Å². The maximum Gasteiger partial charge on any atom is 0.0703 e. The minimum Gasteiger partial charge on any atom is -0.255 e. The SMILES string of the molecule is Clc1ccc(-c2cccc(Br)c2)nc1. The molecule has 0 aliphatic carbocycles. The summed E-state index contributed by atoms with van der Waals surface area (Å²) in [6.45, 7) is 0. The number of hydrogen-bond donors (Lipinski definition) is 0. The van der Waals surface area contributed by atoms with E-state index in [1.807, 2.05) is 36.4 Å². The van der Waals surface area contributed by atoms with E-state index in [0.717, 1.165) is 15.7 Å². The van der Waals surface area contributed by atoms with Crippen molar-refractivity contribution in [3.8, 4) is 11.3 Å². The highest BCUT2D eigenvalue weighted by atomic mass is 79.9. The van der Waals surface area contributed by atoms with E-state index in [-0.39, 0.29) is 0 Å². The molecule has 1 aromatic heterocycles. The van der Waals surface area contributed by atoms with Gasteiger partial charge in [-0.2, -0.15) is 0 Å². The average molecular weight is 269 g/mol. The molecular weight excluding hydrogens is 261 g/mol. The fourth-order valence-corrected chi connectivity index (χ4v) is 1.71. The molecule has 3 heteroatoms. The van der Waals surface area contributed by atoms with Crippen LogP contribution in [0.4, 0.5) is 0 Å². The molecule has 0 fully saturated rings. The molecule has 0 amide bonds. The van der Waals surface area contributed by atoms with Crippen LogP contribution < -0.4 is 0 Å². The molecule has 14 heavy (non-hydrogen) atoms. The van der Waals surface area contributed by atoms with Gasteiger partial charge in [0.1, 0.15) is 0 Å². The zero-order valence-corrected chi connectivity index (χ0v) is 9.59. The number of halogens is 2. The van der Waals surface area contributed by atoms with Crippen molar-refractivity contribution in [2.75, 3.05) is 0 Å². The molecule has 1 nitrogen and oxygen atoms in total. The molecule has 1 aromatic carbocycles. The molecule has 0 saturated carbocycles. The lowest BCUT2D eigenvalue weighted by molar-refractivity contribution is 1.32. The third-order valence-corrected chi connectivity index (χ3v) is 2.56. The van der Waals surface area contributed by atoms with Crippen molar-refractivity contribution in [2.45, 2.75) is 0 Å². The highest BCUT2D eigenvalue weighted by Gasteiger charge is 1.98. The summed E-state index contributed by atoms with van der Waals surface area (Å²) >= 11 is 9.18. The molecule has 1 heterocycles. The van der Waals surface area contributed by atoms with Crippen LogP contribution >= 0.6 is 27.5 Å². The van der Waals surface area contributed by atoms with E-state index >= 15 is 0 Å². The topological polar surface area (TPSA) is 12.9 Å². The standard InChI is InChI=1S/C11H7BrClN/c12-9-3-1-2-8(6-9)11-5-4-10(13)7-14-11/h1-7H. The first-order valence-electron chi connectivity index (χ1n) is 4.13. The second-order valence-electron chi connectivity index (χ2n) is 2.87. The number of nitrogens with zero attached hydrogens (tertiary/aromatic N) is 1. The van der Waals surface area contributed by atoms with Gasteiger partial charge < -0.3 is 0 Å². The first kappa shape index (κ1) is 9.69. The Morgan fingerprint density at radius 2 is 2.00 bits per heavy atom. The summed E-state index contributed by atoms with van der Waals surface area (Å²) in [6, 6.07) is 11.8. The second-order valence-corrected chi connectivity index (χ2v) is 4.22. The molecule has 0 bridgehead atoms. The first-order valence-corrected chi connectivity index (χ1v) is 5.30. The summed E-state index contributed by atoms with van der Waals surface area (Å²) in [5.41, 5.74) is 2.01. The minimum atomic E-state index is 0.656. The van der Waals surface area contributed by atoms with Gasteiger partial charge in [0.2, 0.25) is 0 Å². The Kier molecular flexibility index (Phi) is 2.85. The number of hydrogen-bond acceptors (Lipinski definition) is 1. The predicted molar refractivity (Wildman–Crippen MR) is 62.4 cm³/mol. The van der Waals surface area contributed by atoms with E-state index in [4.69, 9.17) is 11.6 Å². The summed E-state index contributed by atoms with van der Waals surface area (Å²) in [5.74, 6) is 0. The zero-order valence-electron chi connectivity index (χ0n) is 7.24. The van der Waals surface area contributed by atoms with Crippen LogP contribution in [-0.4, -0.2) is 4.98 Å².